The molecule has 2 atom stereocenters. The SMILES string of the molecule is Cc1c(C(=O)N=[S@](C)(=O)c2ccccc2)cn2ncnc(Nc3ccc(F)cc3O[C@H]3CCOC3)c12. The van der Waals surface area contributed by atoms with E-state index in [-0.39, 0.29) is 11.7 Å². The van der Waals surface area contributed by atoms with Crippen molar-refractivity contribution < 1.29 is 22.9 Å². The number of nitrogens with one attached hydrogen (secondary N) is 1. The van der Waals surface area contributed by atoms with Crippen molar-refractivity contribution in [1.82, 2.24) is 14.6 Å². The number of nitrogens with zero attached hydrogens (tertiary/aromatic N) is 4. The Kier molecular flexibility index (Phi) is 6.42. The van der Waals surface area contributed by atoms with Crippen molar-refractivity contribution in [3.8, 4) is 5.75 Å². The Hall–Kier alpha value is -3.83. The van der Waals surface area contributed by atoms with Gasteiger partial charge in [-0.05, 0) is 36.8 Å². The molecule has 1 saturated heterocycles. The molecule has 11 heteroatoms. The van der Waals surface area contributed by atoms with Crippen LogP contribution < -0.4 is 10.1 Å². The van der Waals surface area contributed by atoms with Gasteiger partial charge in [-0.25, -0.2) is 18.1 Å². The van der Waals surface area contributed by atoms with Gasteiger partial charge in [0.1, 0.15) is 29.5 Å². The zero-order chi connectivity index (χ0) is 25.3. The Morgan fingerprint density at radius 2 is 2.08 bits per heavy atom. The summed E-state index contributed by atoms with van der Waals surface area (Å²) in [6.07, 6.45) is 4.84. The second-order valence-corrected chi connectivity index (χ2v) is 10.7. The first-order chi connectivity index (χ1) is 17.3. The minimum atomic E-state index is -2.94. The number of aromatic nitrogens is 3. The van der Waals surface area contributed by atoms with E-state index in [1.54, 1.807) is 43.3 Å². The molecule has 3 heterocycles. The number of fused-ring (bicyclic) bond motifs is 1. The molecule has 1 fully saturated rings. The molecule has 1 aliphatic heterocycles. The van der Waals surface area contributed by atoms with Gasteiger partial charge in [-0.15, -0.1) is 0 Å². The molecule has 2 aromatic heterocycles. The van der Waals surface area contributed by atoms with Crippen molar-refractivity contribution in [3.63, 3.8) is 0 Å². The first-order valence-corrected chi connectivity index (χ1v) is 13.2. The number of carbonyl (C=O) groups excluding carboxylic acids is 1. The molecular weight excluding hydrogens is 485 g/mol. The summed E-state index contributed by atoms with van der Waals surface area (Å²) < 4.78 is 44.0. The molecule has 2 aromatic carbocycles. The van der Waals surface area contributed by atoms with Crippen LogP contribution in [-0.4, -0.2) is 50.3 Å². The predicted octanol–water partition coefficient (Wildman–Crippen LogP) is 4.39. The molecule has 0 bridgehead atoms. The van der Waals surface area contributed by atoms with E-state index < -0.39 is 21.5 Å². The highest BCUT2D eigenvalue weighted by molar-refractivity contribution is 7.93. The highest BCUT2D eigenvalue weighted by Gasteiger charge is 2.22. The Labute approximate surface area is 207 Å². The lowest BCUT2D eigenvalue weighted by atomic mass is 10.2. The summed E-state index contributed by atoms with van der Waals surface area (Å²) in [5, 5.41) is 7.40. The number of carbonyl (C=O) groups is 1. The van der Waals surface area contributed by atoms with Crippen molar-refractivity contribution in [3.05, 3.63) is 78.0 Å². The van der Waals surface area contributed by atoms with Gasteiger partial charge in [-0.3, -0.25) is 4.79 Å². The highest BCUT2D eigenvalue weighted by Crippen LogP contribution is 2.33. The van der Waals surface area contributed by atoms with Crippen LogP contribution in [0.25, 0.3) is 5.52 Å². The Morgan fingerprint density at radius 3 is 2.83 bits per heavy atom. The molecule has 9 nitrogen and oxygen atoms in total. The standard InChI is InChI=1S/C25H24FN5O4S/c1-16-20(25(32)30-36(2,33)19-6-4-3-5-7-19)13-31-23(16)24(27-15-28-31)29-21-9-8-17(26)12-22(21)35-18-10-11-34-14-18/h3-9,12-13,15,18H,10-11,14H2,1-2H3,(H,27,28,29)/t18-,36+/m0/s1. The molecule has 0 spiro atoms. The maximum absolute atomic E-state index is 14.0. The summed E-state index contributed by atoms with van der Waals surface area (Å²) in [5.74, 6) is -0.336. The minimum Gasteiger partial charge on any atom is -0.486 e. The van der Waals surface area contributed by atoms with E-state index in [4.69, 9.17) is 9.47 Å². The van der Waals surface area contributed by atoms with Gasteiger partial charge in [0.15, 0.2) is 5.82 Å². The molecule has 0 aliphatic carbocycles. The number of ether oxygens (including phenoxy) is 2. The van der Waals surface area contributed by atoms with Crippen molar-refractivity contribution in [2.75, 3.05) is 24.8 Å². The number of hydrogen-bond donors (Lipinski definition) is 1. The van der Waals surface area contributed by atoms with Crippen molar-refractivity contribution in [2.45, 2.75) is 24.3 Å². The molecule has 1 amide bonds. The third kappa shape index (κ3) is 4.79. The third-order valence-electron chi connectivity index (χ3n) is 5.87. The molecule has 0 saturated carbocycles. The fourth-order valence-electron chi connectivity index (χ4n) is 4.01. The summed E-state index contributed by atoms with van der Waals surface area (Å²) in [5.41, 5.74) is 1.84. The van der Waals surface area contributed by atoms with Crippen LogP contribution in [0.1, 0.15) is 22.3 Å². The van der Waals surface area contributed by atoms with Crippen LogP contribution >= 0.6 is 0 Å². The number of amides is 1. The van der Waals surface area contributed by atoms with E-state index in [2.05, 4.69) is 19.8 Å². The number of hydrogen-bond acceptors (Lipinski definition) is 7. The summed E-state index contributed by atoms with van der Waals surface area (Å²) in [4.78, 5) is 17.9. The lowest BCUT2D eigenvalue weighted by Crippen LogP contribution is -2.16. The molecule has 0 unspecified atom stereocenters. The Morgan fingerprint density at radius 1 is 1.28 bits per heavy atom. The second-order valence-electron chi connectivity index (χ2n) is 8.45. The van der Waals surface area contributed by atoms with E-state index >= 15 is 0 Å². The van der Waals surface area contributed by atoms with Gasteiger partial charge in [0.2, 0.25) is 0 Å². The Bertz CT molecular complexity index is 1560. The molecule has 36 heavy (non-hydrogen) atoms. The zero-order valence-corrected chi connectivity index (χ0v) is 20.5. The number of aryl methyl sites for hydroxylation is 1. The second kappa shape index (κ2) is 9.67. The van der Waals surface area contributed by atoms with Gasteiger partial charge in [-0.1, -0.05) is 18.2 Å². The Balaban J connectivity index is 1.50. The van der Waals surface area contributed by atoms with Crippen LogP contribution in [0, 0.1) is 12.7 Å². The van der Waals surface area contributed by atoms with Crippen molar-refractivity contribution >= 4 is 32.7 Å². The lowest BCUT2D eigenvalue weighted by Gasteiger charge is -2.17. The van der Waals surface area contributed by atoms with Crippen LogP contribution in [0.2, 0.25) is 0 Å². The molecule has 1 N–H and O–H groups in total. The zero-order valence-electron chi connectivity index (χ0n) is 19.7. The van der Waals surface area contributed by atoms with E-state index in [0.717, 1.165) is 0 Å². The summed E-state index contributed by atoms with van der Waals surface area (Å²) in [6, 6.07) is 12.8. The van der Waals surface area contributed by atoms with E-state index in [0.29, 0.717) is 52.9 Å². The fraction of sp³-hybridized carbons (Fsp3) is 0.240. The summed E-state index contributed by atoms with van der Waals surface area (Å²) in [6.45, 7) is 2.77. The van der Waals surface area contributed by atoms with E-state index in [1.165, 1.54) is 35.4 Å². The smallest absolute Gasteiger partial charge is 0.287 e. The summed E-state index contributed by atoms with van der Waals surface area (Å²) in [7, 11) is -2.94. The maximum Gasteiger partial charge on any atom is 0.287 e. The topological polar surface area (TPSA) is 107 Å². The molecule has 186 valence electrons. The van der Waals surface area contributed by atoms with Gasteiger partial charge in [0.25, 0.3) is 5.91 Å². The fourth-order valence-corrected chi connectivity index (χ4v) is 5.19. The third-order valence-corrected chi connectivity index (χ3v) is 7.53. The predicted molar refractivity (Wildman–Crippen MR) is 133 cm³/mol. The van der Waals surface area contributed by atoms with Gasteiger partial charge in [0, 0.05) is 29.8 Å². The summed E-state index contributed by atoms with van der Waals surface area (Å²) >= 11 is 0. The van der Waals surface area contributed by atoms with Crippen molar-refractivity contribution in [1.29, 1.82) is 0 Å². The van der Waals surface area contributed by atoms with Crippen LogP contribution in [-0.2, 0) is 14.5 Å². The average Bonchev–Trinajstić information content (AvgIpc) is 3.49. The van der Waals surface area contributed by atoms with Gasteiger partial charge >= 0.3 is 0 Å². The van der Waals surface area contributed by atoms with E-state index in [1.807, 2.05) is 0 Å². The minimum absolute atomic E-state index is 0.174. The molecule has 4 aromatic rings. The first-order valence-electron chi connectivity index (χ1n) is 11.3. The molecule has 5 rings (SSSR count). The van der Waals surface area contributed by atoms with Crippen LogP contribution in [0.5, 0.6) is 5.75 Å². The molecule has 1 aliphatic rings. The molecule has 0 radical (unpaired) electrons. The van der Waals surface area contributed by atoms with Gasteiger partial charge < -0.3 is 14.8 Å². The number of rotatable bonds is 6. The van der Waals surface area contributed by atoms with Crippen LogP contribution in [0.4, 0.5) is 15.9 Å². The number of halogens is 1. The van der Waals surface area contributed by atoms with Gasteiger partial charge in [0.05, 0.1) is 34.2 Å². The quantitative estimate of drug-likeness (QED) is 0.411. The maximum atomic E-state index is 14.0. The van der Waals surface area contributed by atoms with Crippen LogP contribution in [0.3, 0.4) is 0 Å². The first kappa shape index (κ1) is 23.9. The highest BCUT2D eigenvalue weighted by atomic mass is 32.2. The van der Waals surface area contributed by atoms with Crippen LogP contribution in [0.15, 0.2) is 70.3 Å². The number of anilines is 2. The monoisotopic (exact) mass is 509 g/mol. The lowest BCUT2D eigenvalue weighted by molar-refractivity contribution is 0.100. The van der Waals surface area contributed by atoms with Crippen molar-refractivity contribution in [2.24, 2.45) is 4.36 Å². The number of benzene rings is 2. The van der Waals surface area contributed by atoms with E-state index in [9.17, 15) is 13.4 Å². The normalized spacial score (nSPS) is 17.0. The average molecular weight is 510 g/mol. The molecular formula is C25H24FN5O4S. The largest absolute Gasteiger partial charge is 0.486 e. The van der Waals surface area contributed by atoms with Gasteiger partial charge in [-0.2, -0.15) is 9.46 Å².